The topological polar surface area (TPSA) is 55.7 Å². The summed E-state index contributed by atoms with van der Waals surface area (Å²) in [6.07, 6.45) is 4.13. The molecule has 0 spiro atoms. The Hall–Kier alpha value is -3.84. The number of carbonyl (C=O) groups excluding carboxylic acids is 1. The second kappa shape index (κ2) is 9.07. The van der Waals surface area contributed by atoms with E-state index in [1.807, 2.05) is 41.3 Å². The number of anilines is 1. The first-order valence-electron chi connectivity index (χ1n) is 11.6. The number of rotatable bonds is 3. The lowest BCUT2D eigenvalue weighted by Crippen LogP contribution is -2.38. The first-order valence-corrected chi connectivity index (χ1v) is 12.8. The van der Waals surface area contributed by atoms with Crippen molar-refractivity contribution in [2.24, 2.45) is 0 Å². The number of urea groups is 1. The summed E-state index contributed by atoms with van der Waals surface area (Å²) in [7, 11) is 0. The SMILES string of the molecule is CSc1ccc([C@H]2c3cccn3-c3ccccc3CN2C(=O)Nc2ccc3c(c2)OCCO3)cc1. The Morgan fingerprint density at radius 2 is 1.74 bits per heavy atom. The molecule has 0 unspecified atom stereocenters. The lowest BCUT2D eigenvalue weighted by molar-refractivity contribution is 0.171. The van der Waals surface area contributed by atoms with E-state index in [1.54, 1.807) is 11.8 Å². The molecule has 1 atom stereocenters. The van der Waals surface area contributed by atoms with E-state index in [9.17, 15) is 4.79 Å². The van der Waals surface area contributed by atoms with Gasteiger partial charge in [0.05, 0.1) is 18.3 Å². The average molecular weight is 484 g/mol. The third kappa shape index (κ3) is 4.02. The van der Waals surface area contributed by atoms with Gasteiger partial charge in [0.2, 0.25) is 0 Å². The van der Waals surface area contributed by atoms with Crippen LogP contribution in [0.5, 0.6) is 11.5 Å². The maximum absolute atomic E-state index is 13.9. The van der Waals surface area contributed by atoms with Gasteiger partial charge in [0.1, 0.15) is 13.2 Å². The molecule has 1 aromatic heterocycles. The zero-order valence-corrected chi connectivity index (χ0v) is 20.1. The van der Waals surface area contributed by atoms with E-state index in [0.717, 1.165) is 22.5 Å². The minimum Gasteiger partial charge on any atom is -0.486 e. The van der Waals surface area contributed by atoms with Crippen LogP contribution in [0.25, 0.3) is 5.69 Å². The monoisotopic (exact) mass is 483 g/mol. The summed E-state index contributed by atoms with van der Waals surface area (Å²) in [4.78, 5) is 17.0. The Morgan fingerprint density at radius 3 is 2.57 bits per heavy atom. The summed E-state index contributed by atoms with van der Waals surface area (Å²) in [6, 6.07) is 25.9. The first kappa shape index (κ1) is 21.7. The summed E-state index contributed by atoms with van der Waals surface area (Å²) < 4.78 is 13.5. The standard InChI is InChI=1S/C28H25N3O3S/c1-35-22-11-8-19(9-12-22)27-24-7-4-14-30(24)23-6-3-2-5-20(23)18-31(27)28(32)29-21-10-13-25-26(17-21)34-16-15-33-25/h2-14,17,27H,15-16,18H2,1H3,(H,29,32)/t27-/m0/s1. The molecule has 2 aliphatic heterocycles. The van der Waals surface area contributed by atoms with Crippen molar-refractivity contribution >= 4 is 23.5 Å². The molecule has 3 aromatic carbocycles. The molecule has 2 aliphatic rings. The summed E-state index contributed by atoms with van der Waals surface area (Å²) in [6.45, 7) is 1.50. The fourth-order valence-corrected chi connectivity index (χ4v) is 5.20. The molecule has 0 radical (unpaired) electrons. The number of aromatic nitrogens is 1. The van der Waals surface area contributed by atoms with E-state index in [0.29, 0.717) is 36.9 Å². The fourth-order valence-electron chi connectivity index (χ4n) is 4.79. The third-order valence-electron chi connectivity index (χ3n) is 6.45. The van der Waals surface area contributed by atoms with Crippen LogP contribution in [0.2, 0.25) is 0 Å². The predicted octanol–water partition coefficient (Wildman–Crippen LogP) is 6.11. The Bertz CT molecular complexity index is 1380. The highest BCUT2D eigenvalue weighted by Gasteiger charge is 2.33. The number of hydrogen-bond donors (Lipinski definition) is 1. The van der Waals surface area contributed by atoms with E-state index in [1.165, 1.54) is 4.90 Å². The van der Waals surface area contributed by atoms with E-state index in [-0.39, 0.29) is 12.1 Å². The molecule has 176 valence electrons. The Labute approximate surface area is 208 Å². The zero-order valence-electron chi connectivity index (χ0n) is 19.3. The summed E-state index contributed by atoms with van der Waals surface area (Å²) in [5, 5.41) is 3.10. The molecule has 0 saturated heterocycles. The maximum Gasteiger partial charge on any atom is 0.322 e. The fraction of sp³-hybridized carbons (Fsp3) is 0.179. The second-order valence-electron chi connectivity index (χ2n) is 8.52. The van der Waals surface area contributed by atoms with Crippen LogP contribution in [0, 0.1) is 0 Å². The molecule has 6 nitrogen and oxygen atoms in total. The van der Waals surface area contributed by atoms with Crippen molar-refractivity contribution in [2.75, 3.05) is 24.8 Å². The van der Waals surface area contributed by atoms with Crippen LogP contribution in [0.3, 0.4) is 0 Å². The highest BCUT2D eigenvalue weighted by Crippen LogP contribution is 2.38. The number of carbonyl (C=O) groups is 1. The number of para-hydroxylation sites is 1. The van der Waals surface area contributed by atoms with Crippen LogP contribution < -0.4 is 14.8 Å². The zero-order chi connectivity index (χ0) is 23.8. The first-order chi connectivity index (χ1) is 17.2. The van der Waals surface area contributed by atoms with Crippen molar-refractivity contribution in [1.29, 1.82) is 0 Å². The lowest BCUT2D eigenvalue weighted by atomic mass is 10.0. The van der Waals surface area contributed by atoms with Gasteiger partial charge in [0, 0.05) is 28.5 Å². The molecule has 2 amide bonds. The molecule has 0 bridgehead atoms. The van der Waals surface area contributed by atoms with Gasteiger partial charge in [-0.3, -0.25) is 0 Å². The van der Waals surface area contributed by atoms with Crippen LogP contribution in [0.4, 0.5) is 10.5 Å². The number of fused-ring (bicyclic) bond motifs is 4. The highest BCUT2D eigenvalue weighted by molar-refractivity contribution is 7.98. The van der Waals surface area contributed by atoms with Gasteiger partial charge in [-0.25, -0.2) is 4.79 Å². The number of amides is 2. The number of nitrogens with zero attached hydrogens (tertiary/aromatic N) is 2. The van der Waals surface area contributed by atoms with Crippen LogP contribution in [0.15, 0.2) is 90.0 Å². The van der Waals surface area contributed by atoms with Crippen molar-refractivity contribution in [3.05, 3.63) is 102 Å². The quantitative estimate of drug-likeness (QED) is 0.357. The van der Waals surface area contributed by atoms with Gasteiger partial charge in [-0.05, 0) is 59.8 Å². The van der Waals surface area contributed by atoms with Gasteiger partial charge in [-0.15, -0.1) is 11.8 Å². The number of ether oxygens (including phenoxy) is 2. The molecule has 7 heteroatoms. The molecular formula is C28H25N3O3S. The normalized spacial score (nSPS) is 16.1. The average Bonchev–Trinajstić information content (AvgIpc) is 3.33. The highest BCUT2D eigenvalue weighted by atomic mass is 32.2. The largest absolute Gasteiger partial charge is 0.486 e. The summed E-state index contributed by atoms with van der Waals surface area (Å²) >= 11 is 1.71. The van der Waals surface area contributed by atoms with E-state index in [2.05, 4.69) is 64.8 Å². The lowest BCUT2D eigenvalue weighted by Gasteiger charge is -2.31. The second-order valence-corrected chi connectivity index (χ2v) is 9.40. The Kier molecular flexibility index (Phi) is 5.62. The van der Waals surface area contributed by atoms with Gasteiger partial charge in [0.25, 0.3) is 0 Å². The summed E-state index contributed by atoms with van der Waals surface area (Å²) in [5.74, 6) is 1.34. The molecule has 1 N–H and O–H groups in total. The molecule has 6 rings (SSSR count). The van der Waals surface area contributed by atoms with Crippen LogP contribution in [0.1, 0.15) is 22.9 Å². The maximum atomic E-state index is 13.9. The van der Waals surface area contributed by atoms with Gasteiger partial charge in [-0.1, -0.05) is 30.3 Å². The van der Waals surface area contributed by atoms with Gasteiger partial charge >= 0.3 is 6.03 Å². The molecule has 0 fully saturated rings. The van der Waals surface area contributed by atoms with E-state index < -0.39 is 0 Å². The molecule has 3 heterocycles. The number of benzene rings is 3. The summed E-state index contributed by atoms with van der Waals surface area (Å²) in [5.41, 5.74) is 4.96. The predicted molar refractivity (Wildman–Crippen MR) is 138 cm³/mol. The van der Waals surface area contributed by atoms with Crippen molar-refractivity contribution < 1.29 is 14.3 Å². The third-order valence-corrected chi connectivity index (χ3v) is 7.19. The number of hydrogen-bond acceptors (Lipinski definition) is 4. The molecule has 35 heavy (non-hydrogen) atoms. The van der Waals surface area contributed by atoms with Crippen molar-refractivity contribution in [1.82, 2.24) is 9.47 Å². The van der Waals surface area contributed by atoms with Crippen molar-refractivity contribution in [3.63, 3.8) is 0 Å². The van der Waals surface area contributed by atoms with Crippen LogP contribution >= 0.6 is 11.8 Å². The number of thioether (sulfide) groups is 1. The Morgan fingerprint density at radius 1 is 0.943 bits per heavy atom. The van der Waals surface area contributed by atoms with Crippen LogP contribution in [-0.2, 0) is 6.54 Å². The van der Waals surface area contributed by atoms with Crippen LogP contribution in [-0.4, -0.2) is 35.0 Å². The minimum absolute atomic E-state index is 0.176. The van der Waals surface area contributed by atoms with Gasteiger partial charge < -0.3 is 24.3 Å². The van der Waals surface area contributed by atoms with Crippen molar-refractivity contribution in [2.45, 2.75) is 17.5 Å². The Balaban J connectivity index is 1.41. The van der Waals surface area contributed by atoms with E-state index >= 15 is 0 Å². The molecule has 0 aliphatic carbocycles. The smallest absolute Gasteiger partial charge is 0.322 e. The van der Waals surface area contributed by atoms with E-state index in [4.69, 9.17) is 9.47 Å². The molecule has 4 aromatic rings. The van der Waals surface area contributed by atoms with Gasteiger partial charge in [0.15, 0.2) is 11.5 Å². The minimum atomic E-state index is -0.259. The molecular weight excluding hydrogens is 458 g/mol. The molecule has 0 saturated carbocycles. The van der Waals surface area contributed by atoms with Crippen molar-refractivity contribution in [3.8, 4) is 17.2 Å². The van der Waals surface area contributed by atoms with Gasteiger partial charge in [-0.2, -0.15) is 0 Å². The number of nitrogens with one attached hydrogen (secondary N) is 1.